The van der Waals surface area contributed by atoms with Crippen LogP contribution >= 0.6 is 0 Å². The lowest BCUT2D eigenvalue weighted by Gasteiger charge is -2.34. The lowest BCUT2D eigenvalue weighted by atomic mass is 10.2. The Morgan fingerprint density at radius 2 is 1.65 bits per heavy atom. The molecule has 3 rings (SSSR count). The standard InChI is InChI=1S/C20H27N5O/c1-15(2)22-20(26)19-9-6-17(14-21-19)23-16-4-7-18(8-5-16)25-12-10-24(3)11-13-25/h4-9,14-15,23H,10-13H2,1-3H3,(H,22,26). The minimum absolute atomic E-state index is 0.0981. The minimum Gasteiger partial charge on any atom is -0.369 e. The summed E-state index contributed by atoms with van der Waals surface area (Å²) in [6, 6.07) is 12.1. The molecular weight excluding hydrogens is 326 g/mol. The van der Waals surface area contributed by atoms with E-state index in [2.05, 4.69) is 56.7 Å². The number of nitrogens with zero attached hydrogens (tertiary/aromatic N) is 3. The van der Waals surface area contributed by atoms with E-state index in [-0.39, 0.29) is 11.9 Å². The number of carbonyl (C=O) groups is 1. The molecule has 2 N–H and O–H groups in total. The van der Waals surface area contributed by atoms with Gasteiger partial charge in [0.15, 0.2) is 0 Å². The minimum atomic E-state index is -0.150. The Morgan fingerprint density at radius 3 is 2.23 bits per heavy atom. The van der Waals surface area contributed by atoms with Crippen LogP contribution in [0.3, 0.4) is 0 Å². The largest absolute Gasteiger partial charge is 0.369 e. The molecule has 1 amide bonds. The highest BCUT2D eigenvalue weighted by molar-refractivity contribution is 5.92. The maximum Gasteiger partial charge on any atom is 0.270 e. The van der Waals surface area contributed by atoms with E-state index in [9.17, 15) is 4.79 Å². The van der Waals surface area contributed by atoms with Crippen molar-refractivity contribution >= 4 is 23.0 Å². The van der Waals surface area contributed by atoms with E-state index in [1.807, 2.05) is 19.9 Å². The summed E-state index contributed by atoms with van der Waals surface area (Å²) in [7, 11) is 2.16. The van der Waals surface area contributed by atoms with Gasteiger partial charge in [0.25, 0.3) is 5.91 Å². The van der Waals surface area contributed by atoms with Crippen LogP contribution in [0.2, 0.25) is 0 Å². The van der Waals surface area contributed by atoms with Crippen molar-refractivity contribution in [1.82, 2.24) is 15.2 Å². The number of nitrogens with one attached hydrogen (secondary N) is 2. The maximum atomic E-state index is 11.9. The van der Waals surface area contributed by atoms with Crippen LogP contribution in [0.15, 0.2) is 42.6 Å². The first kappa shape index (κ1) is 18.2. The molecule has 1 saturated heterocycles. The number of piperazine rings is 1. The highest BCUT2D eigenvalue weighted by Crippen LogP contribution is 2.22. The Bertz CT molecular complexity index is 719. The fourth-order valence-corrected chi connectivity index (χ4v) is 2.93. The smallest absolute Gasteiger partial charge is 0.270 e. The summed E-state index contributed by atoms with van der Waals surface area (Å²) >= 11 is 0. The first-order valence-corrected chi connectivity index (χ1v) is 9.09. The van der Waals surface area contributed by atoms with E-state index in [1.165, 1.54) is 5.69 Å². The SMILES string of the molecule is CC(C)NC(=O)c1ccc(Nc2ccc(N3CCN(C)CC3)cc2)cn1. The zero-order valence-corrected chi connectivity index (χ0v) is 15.7. The van der Waals surface area contributed by atoms with Crippen molar-refractivity contribution < 1.29 is 4.79 Å². The molecular formula is C20H27N5O. The molecule has 1 aliphatic rings. The number of pyridine rings is 1. The maximum absolute atomic E-state index is 11.9. The molecule has 26 heavy (non-hydrogen) atoms. The van der Waals surface area contributed by atoms with Crippen LogP contribution in [0.5, 0.6) is 0 Å². The summed E-state index contributed by atoms with van der Waals surface area (Å²) in [5.41, 5.74) is 3.54. The summed E-state index contributed by atoms with van der Waals surface area (Å²) < 4.78 is 0. The first-order chi connectivity index (χ1) is 12.5. The Balaban J connectivity index is 1.59. The molecule has 0 aliphatic carbocycles. The zero-order valence-electron chi connectivity index (χ0n) is 15.7. The molecule has 0 unspecified atom stereocenters. The second-order valence-corrected chi connectivity index (χ2v) is 7.02. The summed E-state index contributed by atoms with van der Waals surface area (Å²) in [6.45, 7) is 8.18. The van der Waals surface area contributed by atoms with Gasteiger partial charge in [-0.25, -0.2) is 4.98 Å². The van der Waals surface area contributed by atoms with E-state index in [1.54, 1.807) is 12.3 Å². The average molecular weight is 353 g/mol. The van der Waals surface area contributed by atoms with Crippen molar-refractivity contribution in [2.75, 3.05) is 43.4 Å². The van der Waals surface area contributed by atoms with Crippen LogP contribution < -0.4 is 15.5 Å². The third-order valence-electron chi connectivity index (χ3n) is 4.44. The van der Waals surface area contributed by atoms with E-state index in [0.717, 1.165) is 37.6 Å². The van der Waals surface area contributed by atoms with Gasteiger partial charge < -0.3 is 20.4 Å². The number of hydrogen-bond acceptors (Lipinski definition) is 5. The molecule has 138 valence electrons. The monoisotopic (exact) mass is 353 g/mol. The van der Waals surface area contributed by atoms with Gasteiger partial charge in [-0.2, -0.15) is 0 Å². The van der Waals surface area contributed by atoms with Gasteiger partial charge in [0, 0.05) is 43.6 Å². The van der Waals surface area contributed by atoms with Crippen molar-refractivity contribution in [3.05, 3.63) is 48.3 Å². The molecule has 0 radical (unpaired) electrons. The number of carbonyl (C=O) groups excluding carboxylic acids is 1. The quantitative estimate of drug-likeness (QED) is 0.865. The van der Waals surface area contributed by atoms with E-state index in [4.69, 9.17) is 0 Å². The fourth-order valence-electron chi connectivity index (χ4n) is 2.93. The first-order valence-electron chi connectivity index (χ1n) is 9.09. The number of hydrogen-bond donors (Lipinski definition) is 2. The zero-order chi connectivity index (χ0) is 18.5. The Hall–Kier alpha value is -2.60. The van der Waals surface area contributed by atoms with Gasteiger partial charge in [-0.3, -0.25) is 4.79 Å². The molecule has 6 heteroatoms. The van der Waals surface area contributed by atoms with Crippen LogP contribution in [0, 0.1) is 0 Å². The molecule has 1 fully saturated rings. The molecule has 0 bridgehead atoms. The van der Waals surface area contributed by atoms with Gasteiger partial charge in [0.1, 0.15) is 5.69 Å². The summed E-state index contributed by atoms with van der Waals surface area (Å²) in [5.74, 6) is -0.150. The highest BCUT2D eigenvalue weighted by atomic mass is 16.1. The molecule has 1 aromatic heterocycles. The van der Waals surface area contributed by atoms with Crippen LogP contribution in [-0.2, 0) is 0 Å². The van der Waals surface area contributed by atoms with Crippen LogP contribution in [0.4, 0.5) is 17.1 Å². The lowest BCUT2D eigenvalue weighted by Crippen LogP contribution is -2.44. The predicted octanol–water partition coefficient (Wildman–Crippen LogP) is 2.72. The molecule has 0 spiro atoms. The number of benzene rings is 1. The Labute approximate surface area is 155 Å². The van der Waals surface area contributed by atoms with Gasteiger partial charge >= 0.3 is 0 Å². The number of anilines is 3. The van der Waals surface area contributed by atoms with E-state index < -0.39 is 0 Å². The third-order valence-corrected chi connectivity index (χ3v) is 4.44. The fraction of sp³-hybridized carbons (Fsp3) is 0.400. The van der Waals surface area contributed by atoms with Gasteiger partial charge in [0.05, 0.1) is 11.9 Å². The molecule has 1 aliphatic heterocycles. The van der Waals surface area contributed by atoms with Crippen LogP contribution in [-0.4, -0.2) is 55.1 Å². The van der Waals surface area contributed by atoms with Crippen LogP contribution in [0.25, 0.3) is 0 Å². The Kier molecular flexibility index (Phi) is 5.73. The third kappa shape index (κ3) is 4.73. The van der Waals surface area contributed by atoms with Crippen molar-refractivity contribution in [3.63, 3.8) is 0 Å². The summed E-state index contributed by atoms with van der Waals surface area (Å²) in [4.78, 5) is 20.9. The van der Waals surface area contributed by atoms with Crippen molar-refractivity contribution in [1.29, 1.82) is 0 Å². The number of likely N-dealkylation sites (N-methyl/N-ethyl adjacent to an activating group) is 1. The predicted molar refractivity (Wildman–Crippen MR) is 106 cm³/mol. The summed E-state index contributed by atoms with van der Waals surface area (Å²) in [5, 5.41) is 6.17. The Morgan fingerprint density at radius 1 is 1.00 bits per heavy atom. The van der Waals surface area contributed by atoms with Gasteiger partial charge in [-0.15, -0.1) is 0 Å². The van der Waals surface area contributed by atoms with E-state index >= 15 is 0 Å². The molecule has 6 nitrogen and oxygen atoms in total. The molecule has 0 saturated carbocycles. The average Bonchev–Trinajstić information content (AvgIpc) is 2.63. The number of amides is 1. The van der Waals surface area contributed by atoms with Gasteiger partial charge in [-0.05, 0) is 57.3 Å². The van der Waals surface area contributed by atoms with Gasteiger partial charge in [0.2, 0.25) is 0 Å². The highest BCUT2D eigenvalue weighted by Gasteiger charge is 2.14. The second-order valence-electron chi connectivity index (χ2n) is 7.02. The van der Waals surface area contributed by atoms with E-state index in [0.29, 0.717) is 5.69 Å². The number of rotatable bonds is 5. The molecule has 0 atom stereocenters. The normalized spacial score (nSPS) is 15.2. The second kappa shape index (κ2) is 8.19. The van der Waals surface area contributed by atoms with Crippen molar-refractivity contribution in [2.24, 2.45) is 0 Å². The molecule has 1 aromatic carbocycles. The summed E-state index contributed by atoms with van der Waals surface area (Å²) in [6.07, 6.45) is 1.68. The molecule has 2 heterocycles. The van der Waals surface area contributed by atoms with Crippen molar-refractivity contribution in [3.8, 4) is 0 Å². The van der Waals surface area contributed by atoms with Crippen molar-refractivity contribution in [2.45, 2.75) is 19.9 Å². The van der Waals surface area contributed by atoms with Gasteiger partial charge in [-0.1, -0.05) is 0 Å². The number of aromatic nitrogens is 1. The topological polar surface area (TPSA) is 60.5 Å². The van der Waals surface area contributed by atoms with Crippen LogP contribution in [0.1, 0.15) is 24.3 Å². The molecule has 2 aromatic rings. The lowest BCUT2D eigenvalue weighted by molar-refractivity contribution is 0.0938.